The number of pyridine rings is 1. The summed E-state index contributed by atoms with van der Waals surface area (Å²) in [7, 11) is 3.04. The summed E-state index contributed by atoms with van der Waals surface area (Å²) in [5.74, 6) is -0.518. The van der Waals surface area contributed by atoms with E-state index >= 15 is 0 Å². The first kappa shape index (κ1) is 20.1. The summed E-state index contributed by atoms with van der Waals surface area (Å²) in [6, 6.07) is 7.73. The summed E-state index contributed by atoms with van der Waals surface area (Å²) in [4.78, 5) is 43.3. The zero-order valence-electron chi connectivity index (χ0n) is 16.1. The Labute approximate surface area is 167 Å². The highest BCUT2D eigenvalue weighted by Crippen LogP contribution is 2.28. The van der Waals surface area contributed by atoms with Gasteiger partial charge in [-0.2, -0.15) is 0 Å². The van der Waals surface area contributed by atoms with Crippen molar-refractivity contribution in [1.29, 1.82) is 0 Å². The molecule has 0 atom stereocenters. The van der Waals surface area contributed by atoms with E-state index in [2.05, 4.69) is 4.98 Å². The summed E-state index contributed by atoms with van der Waals surface area (Å²) < 4.78 is 10.4. The molecule has 2 heterocycles. The predicted molar refractivity (Wildman–Crippen MR) is 103 cm³/mol. The summed E-state index contributed by atoms with van der Waals surface area (Å²) in [6.45, 7) is 1.52. The molecule has 9 heteroatoms. The van der Waals surface area contributed by atoms with Crippen LogP contribution in [0.1, 0.15) is 31.2 Å². The minimum atomic E-state index is -1.15. The van der Waals surface area contributed by atoms with Gasteiger partial charge in [0.1, 0.15) is 5.69 Å². The minimum absolute atomic E-state index is 0.119. The Morgan fingerprint density at radius 3 is 1.90 bits per heavy atom. The number of carbonyl (C=O) groups is 3. The lowest BCUT2D eigenvalue weighted by Gasteiger charge is -2.34. The topological polar surface area (TPSA) is 109 Å². The molecule has 0 aliphatic carbocycles. The molecule has 3 rings (SSSR count). The number of carbonyl (C=O) groups excluding carboxylic acids is 2. The van der Waals surface area contributed by atoms with E-state index in [4.69, 9.17) is 14.6 Å². The Balaban J connectivity index is 1.63. The smallest absolute Gasteiger partial charge is 0.354 e. The first-order valence-corrected chi connectivity index (χ1v) is 8.94. The number of hydrogen-bond acceptors (Lipinski definition) is 6. The van der Waals surface area contributed by atoms with Crippen LogP contribution in [0.2, 0.25) is 0 Å². The number of aromatic nitrogens is 1. The molecule has 1 fully saturated rings. The molecule has 0 saturated carbocycles. The first-order chi connectivity index (χ1) is 13.9. The lowest BCUT2D eigenvalue weighted by Crippen LogP contribution is -2.50. The number of hydrogen-bond donors (Lipinski definition) is 1. The molecule has 1 aliphatic heterocycles. The van der Waals surface area contributed by atoms with Gasteiger partial charge in [-0.15, -0.1) is 0 Å². The van der Waals surface area contributed by atoms with Gasteiger partial charge in [-0.05, 0) is 30.3 Å². The van der Waals surface area contributed by atoms with Crippen LogP contribution in [0.25, 0.3) is 0 Å². The second-order valence-electron chi connectivity index (χ2n) is 6.39. The standard InChI is InChI=1S/C20H21N3O6/c1-28-16-6-4-13(11-17(16)29-2)18(24)22-7-9-23(10-8-22)19(25)14-3-5-15(20(26)27)21-12-14/h3-6,11-12H,7-10H2,1-2H3,(H,26,27). The molecular weight excluding hydrogens is 378 g/mol. The first-order valence-electron chi connectivity index (χ1n) is 8.94. The molecule has 0 bridgehead atoms. The van der Waals surface area contributed by atoms with Crippen molar-refractivity contribution < 1.29 is 29.0 Å². The molecule has 0 spiro atoms. The molecule has 1 N–H and O–H groups in total. The van der Waals surface area contributed by atoms with Gasteiger partial charge in [-0.25, -0.2) is 9.78 Å². The number of nitrogens with zero attached hydrogens (tertiary/aromatic N) is 3. The molecule has 1 aliphatic rings. The second-order valence-corrected chi connectivity index (χ2v) is 6.39. The highest BCUT2D eigenvalue weighted by Gasteiger charge is 2.26. The van der Waals surface area contributed by atoms with Gasteiger partial charge in [0.05, 0.1) is 19.8 Å². The van der Waals surface area contributed by atoms with Crippen molar-refractivity contribution >= 4 is 17.8 Å². The molecule has 9 nitrogen and oxygen atoms in total. The van der Waals surface area contributed by atoms with E-state index in [1.807, 2.05) is 0 Å². The van der Waals surface area contributed by atoms with E-state index in [0.29, 0.717) is 48.8 Å². The van der Waals surface area contributed by atoms with Crippen LogP contribution in [-0.2, 0) is 0 Å². The summed E-state index contributed by atoms with van der Waals surface area (Å²) in [5.41, 5.74) is 0.678. The predicted octanol–water partition coefficient (Wildman–Crippen LogP) is 1.40. The molecule has 0 unspecified atom stereocenters. The van der Waals surface area contributed by atoms with Gasteiger partial charge in [0.15, 0.2) is 11.5 Å². The number of amides is 2. The van der Waals surface area contributed by atoms with Crippen LogP contribution in [0.4, 0.5) is 0 Å². The third kappa shape index (κ3) is 4.29. The number of aromatic carboxylic acids is 1. The van der Waals surface area contributed by atoms with Gasteiger partial charge < -0.3 is 24.4 Å². The molecule has 29 heavy (non-hydrogen) atoms. The number of benzene rings is 1. The lowest BCUT2D eigenvalue weighted by atomic mass is 10.1. The van der Waals surface area contributed by atoms with Gasteiger partial charge in [0, 0.05) is 37.9 Å². The maximum atomic E-state index is 12.8. The number of piperazine rings is 1. The summed E-state index contributed by atoms with van der Waals surface area (Å²) in [6.07, 6.45) is 1.26. The van der Waals surface area contributed by atoms with E-state index in [9.17, 15) is 14.4 Å². The maximum absolute atomic E-state index is 12.8. The third-order valence-corrected chi connectivity index (χ3v) is 4.71. The highest BCUT2D eigenvalue weighted by atomic mass is 16.5. The van der Waals surface area contributed by atoms with Crippen LogP contribution in [0, 0.1) is 0 Å². The van der Waals surface area contributed by atoms with Crippen molar-refractivity contribution in [2.75, 3.05) is 40.4 Å². The van der Waals surface area contributed by atoms with Crippen molar-refractivity contribution in [2.45, 2.75) is 0 Å². The van der Waals surface area contributed by atoms with Crippen LogP contribution in [0.3, 0.4) is 0 Å². The monoisotopic (exact) mass is 399 g/mol. The Hall–Kier alpha value is -3.62. The van der Waals surface area contributed by atoms with Gasteiger partial charge in [0.25, 0.3) is 11.8 Å². The van der Waals surface area contributed by atoms with E-state index in [1.165, 1.54) is 32.5 Å². The van der Waals surface area contributed by atoms with Crippen molar-refractivity contribution in [2.24, 2.45) is 0 Å². The van der Waals surface area contributed by atoms with E-state index < -0.39 is 5.97 Å². The SMILES string of the molecule is COc1ccc(C(=O)N2CCN(C(=O)c3ccc(C(=O)O)nc3)CC2)cc1OC. The zero-order valence-corrected chi connectivity index (χ0v) is 16.1. The van der Waals surface area contributed by atoms with Crippen molar-refractivity contribution in [3.05, 3.63) is 53.3 Å². The molecule has 2 aromatic rings. The molecule has 0 radical (unpaired) electrons. The molecule has 2 amide bonds. The van der Waals surface area contributed by atoms with E-state index in [-0.39, 0.29) is 17.5 Å². The normalized spacial score (nSPS) is 13.7. The number of carboxylic acids is 1. The Bertz CT molecular complexity index is 920. The van der Waals surface area contributed by atoms with Crippen LogP contribution in [-0.4, -0.2) is 78.1 Å². The van der Waals surface area contributed by atoms with Crippen molar-refractivity contribution in [3.8, 4) is 11.5 Å². The van der Waals surface area contributed by atoms with Gasteiger partial charge in [0.2, 0.25) is 0 Å². The minimum Gasteiger partial charge on any atom is -0.493 e. The number of methoxy groups -OCH3 is 2. The van der Waals surface area contributed by atoms with Crippen LogP contribution in [0.15, 0.2) is 36.5 Å². The van der Waals surface area contributed by atoms with Crippen molar-refractivity contribution in [1.82, 2.24) is 14.8 Å². The van der Waals surface area contributed by atoms with Crippen LogP contribution < -0.4 is 9.47 Å². The molecule has 1 aromatic carbocycles. The highest BCUT2D eigenvalue weighted by molar-refractivity contribution is 5.96. The summed E-state index contributed by atoms with van der Waals surface area (Å²) in [5, 5.41) is 8.89. The van der Waals surface area contributed by atoms with Crippen molar-refractivity contribution in [3.63, 3.8) is 0 Å². The fourth-order valence-corrected chi connectivity index (χ4v) is 3.09. The van der Waals surface area contributed by atoms with Gasteiger partial charge in [-0.1, -0.05) is 0 Å². The largest absolute Gasteiger partial charge is 0.493 e. The average molecular weight is 399 g/mol. The summed E-state index contributed by atoms with van der Waals surface area (Å²) >= 11 is 0. The number of ether oxygens (including phenoxy) is 2. The van der Waals surface area contributed by atoms with Gasteiger partial charge >= 0.3 is 5.97 Å². The fourth-order valence-electron chi connectivity index (χ4n) is 3.09. The second kappa shape index (κ2) is 8.59. The van der Waals surface area contributed by atoms with E-state index in [1.54, 1.807) is 28.0 Å². The quantitative estimate of drug-likeness (QED) is 0.809. The lowest BCUT2D eigenvalue weighted by molar-refractivity contribution is 0.0535. The van der Waals surface area contributed by atoms with Gasteiger partial charge in [-0.3, -0.25) is 9.59 Å². The fraction of sp³-hybridized carbons (Fsp3) is 0.300. The average Bonchev–Trinajstić information content (AvgIpc) is 2.77. The molecule has 1 saturated heterocycles. The maximum Gasteiger partial charge on any atom is 0.354 e. The molecule has 152 valence electrons. The Morgan fingerprint density at radius 2 is 1.41 bits per heavy atom. The Kier molecular flexibility index (Phi) is 5.96. The number of rotatable bonds is 5. The van der Waals surface area contributed by atoms with Crippen LogP contribution >= 0.6 is 0 Å². The molecular formula is C20H21N3O6. The zero-order chi connectivity index (χ0) is 21.0. The Morgan fingerprint density at radius 1 is 0.862 bits per heavy atom. The van der Waals surface area contributed by atoms with Crippen LogP contribution in [0.5, 0.6) is 11.5 Å². The molecule has 1 aromatic heterocycles. The third-order valence-electron chi connectivity index (χ3n) is 4.71. The van der Waals surface area contributed by atoms with E-state index in [0.717, 1.165) is 0 Å². The number of carboxylic acid groups (broad SMARTS) is 1.